The van der Waals surface area contributed by atoms with E-state index in [1.54, 1.807) is 5.57 Å². The largest absolute Gasteiger partial charge is 0.107 e. The average molecular weight is 208 g/mol. The summed E-state index contributed by atoms with van der Waals surface area (Å²) in [6, 6.07) is 1.32. The van der Waals surface area contributed by atoms with Crippen LogP contribution < -0.4 is 0 Å². The second-order valence-corrected chi connectivity index (χ2v) is 10.6. The highest BCUT2D eigenvalue weighted by atomic mass is 28.3. The van der Waals surface area contributed by atoms with E-state index in [0.717, 1.165) is 6.42 Å². The minimum Gasteiger partial charge on any atom is -0.107 e. The highest BCUT2D eigenvalue weighted by molar-refractivity contribution is 6.76. The Kier molecular flexibility index (Phi) is 6.66. The van der Waals surface area contributed by atoms with Crippen molar-refractivity contribution in [1.82, 2.24) is 0 Å². The first-order valence-electron chi connectivity index (χ1n) is 5.51. The van der Waals surface area contributed by atoms with Crippen LogP contribution in [0, 0.1) is 11.8 Å². The van der Waals surface area contributed by atoms with Crippen LogP contribution in [-0.2, 0) is 0 Å². The van der Waals surface area contributed by atoms with Crippen molar-refractivity contribution >= 4 is 8.07 Å². The monoisotopic (exact) mass is 208 g/mol. The molecule has 0 N–H and O–H groups in total. The van der Waals surface area contributed by atoms with Crippen molar-refractivity contribution in [2.45, 2.75) is 58.8 Å². The molecule has 0 bridgehead atoms. The first-order valence-corrected chi connectivity index (χ1v) is 9.21. The third kappa shape index (κ3) is 9.60. The molecular weight excluding hydrogens is 184 g/mol. The Bertz CT molecular complexity index is 232. The Morgan fingerprint density at radius 2 is 1.93 bits per heavy atom. The van der Waals surface area contributed by atoms with Gasteiger partial charge in [-0.05, 0) is 32.7 Å². The zero-order valence-electron chi connectivity index (χ0n) is 10.4. The maximum atomic E-state index is 3.11. The molecular formula is C13H24Si. The van der Waals surface area contributed by atoms with Crippen LogP contribution in [0.3, 0.4) is 0 Å². The van der Waals surface area contributed by atoms with Crippen molar-refractivity contribution in [3.63, 3.8) is 0 Å². The van der Waals surface area contributed by atoms with E-state index in [-0.39, 0.29) is 0 Å². The summed E-state index contributed by atoms with van der Waals surface area (Å²) < 4.78 is 0. The van der Waals surface area contributed by atoms with Crippen LogP contribution in [0.5, 0.6) is 0 Å². The molecule has 0 atom stereocenters. The van der Waals surface area contributed by atoms with E-state index in [1.807, 2.05) is 6.92 Å². The lowest BCUT2D eigenvalue weighted by Gasteiger charge is -2.12. The van der Waals surface area contributed by atoms with Crippen LogP contribution in [0.15, 0.2) is 11.6 Å². The summed E-state index contributed by atoms with van der Waals surface area (Å²) in [5, 5.41) is 0. The normalized spacial score (nSPS) is 12.2. The fourth-order valence-electron chi connectivity index (χ4n) is 1.16. The van der Waals surface area contributed by atoms with Crippen molar-refractivity contribution in [1.29, 1.82) is 0 Å². The Balaban J connectivity index is 3.71. The highest BCUT2D eigenvalue weighted by Gasteiger charge is 2.09. The number of rotatable bonds is 5. The van der Waals surface area contributed by atoms with Crippen molar-refractivity contribution in [3.05, 3.63) is 11.6 Å². The molecule has 0 radical (unpaired) electrons. The van der Waals surface area contributed by atoms with Gasteiger partial charge in [-0.1, -0.05) is 31.3 Å². The zero-order chi connectivity index (χ0) is 11.0. The van der Waals surface area contributed by atoms with E-state index in [2.05, 4.69) is 44.5 Å². The molecule has 0 nitrogen and oxygen atoms in total. The Hall–Kier alpha value is -0.483. The van der Waals surface area contributed by atoms with Crippen molar-refractivity contribution in [2.24, 2.45) is 0 Å². The Morgan fingerprint density at radius 3 is 2.43 bits per heavy atom. The van der Waals surface area contributed by atoms with Gasteiger partial charge in [-0.15, -0.1) is 11.8 Å². The predicted molar refractivity (Wildman–Crippen MR) is 69.2 cm³/mol. The molecule has 0 unspecified atom stereocenters. The van der Waals surface area contributed by atoms with Gasteiger partial charge in [0.05, 0.1) is 0 Å². The maximum Gasteiger partial charge on any atom is 0.0480 e. The van der Waals surface area contributed by atoms with Crippen LogP contribution in [0.25, 0.3) is 0 Å². The SMILES string of the molecule is CC#CCCC/C(C)=C\C[Si](C)(C)C. The van der Waals surface area contributed by atoms with Gasteiger partial charge in [-0.25, -0.2) is 0 Å². The first-order chi connectivity index (χ1) is 6.45. The molecule has 0 rings (SSSR count). The van der Waals surface area contributed by atoms with Crippen LogP contribution in [0.1, 0.15) is 33.1 Å². The number of allylic oxidation sites excluding steroid dienone is 2. The minimum absolute atomic E-state index is 0.879. The fourth-order valence-corrected chi connectivity index (χ4v) is 2.12. The van der Waals surface area contributed by atoms with E-state index >= 15 is 0 Å². The predicted octanol–water partition coefficient (Wildman–Crippen LogP) is 4.46. The standard InChI is InChI=1S/C13H24Si/c1-6-7-8-9-10-13(2)11-12-14(3,4)5/h11H,8-10,12H2,1-5H3/b13-11-. The first kappa shape index (κ1) is 13.5. The van der Waals surface area contributed by atoms with Gasteiger partial charge in [0.2, 0.25) is 0 Å². The van der Waals surface area contributed by atoms with Gasteiger partial charge < -0.3 is 0 Å². The van der Waals surface area contributed by atoms with Gasteiger partial charge >= 0.3 is 0 Å². The summed E-state index contributed by atoms with van der Waals surface area (Å²) >= 11 is 0. The number of hydrogen-bond donors (Lipinski definition) is 0. The van der Waals surface area contributed by atoms with Crippen LogP contribution in [-0.4, -0.2) is 8.07 Å². The van der Waals surface area contributed by atoms with E-state index < -0.39 is 8.07 Å². The van der Waals surface area contributed by atoms with Crippen molar-refractivity contribution in [2.75, 3.05) is 0 Å². The molecule has 0 aliphatic carbocycles. The third-order valence-corrected chi connectivity index (χ3v) is 3.54. The topological polar surface area (TPSA) is 0 Å². The van der Waals surface area contributed by atoms with Gasteiger partial charge in [0, 0.05) is 14.5 Å². The fraction of sp³-hybridized carbons (Fsp3) is 0.692. The van der Waals surface area contributed by atoms with Crippen molar-refractivity contribution in [3.8, 4) is 11.8 Å². The average Bonchev–Trinajstić information content (AvgIpc) is 2.08. The van der Waals surface area contributed by atoms with E-state index in [9.17, 15) is 0 Å². The van der Waals surface area contributed by atoms with Crippen LogP contribution in [0.2, 0.25) is 25.7 Å². The molecule has 0 aromatic heterocycles. The Morgan fingerprint density at radius 1 is 1.29 bits per heavy atom. The number of hydrogen-bond acceptors (Lipinski definition) is 0. The summed E-state index contributed by atoms with van der Waals surface area (Å²) in [6.45, 7) is 11.4. The molecule has 0 spiro atoms. The van der Waals surface area contributed by atoms with Gasteiger partial charge in [0.15, 0.2) is 0 Å². The summed E-state index contributed by atoms with van der Waals surface area (Å²) in [6.07, 6.45) is 5.92. The Labute approximate surface area is 90.8 Å². The molecule has 0 heterocycles. The highest BCUT2D eigenvalue weighted by Crippen LogP contribution is 2.13. The summed E-state index contributed by atoms with van der Waals surface area (Å²) in [5.74, 6) is 6.04. The lowest BCUT2D eigenvalue weighted by molar-refractivity contribution is 0.844. The zero-order valence-corrected chi connectivity index (χ0v) is 11.4. The summed E-state index contributed by atoms with van der Waals surface area (Å²) in [4.78, 5) is 0. The molecule has 80 valence electrons. The number of unbranched alkanes of at least 4 members (excludes halogenated alkanes) is 1. The molecule has 0 aliphatic rings. The molecule has 0 aromatic rings. The van der Waals surface area contributed by atoms with Gasteiger partial charge in [0.1, 0.15) is 0 Å². The molecule has 0 amide bonds. The molecule has 0 saturated carbocycles. The molecule has 0 aliphatic heterocycles. The summed E-state index contributed by atoms with van der Waals surface area (Å²) in [5.41, 5.74) is 1.55. The second kappa shape index (κ2) is 6.90. The second-order valence-electron chi connectivity index (χ2n) is 5.10. The van der Waals surface area contributed by atoms with E-state index in [4.69, 9.17) is 0 Å². The van der Waals surface area contributed by atoms with Crippen molar-refractivity contribution < 1.29 is 0 Å². The van der Waals surface area contributed by atoms with Crippen LogP contribution >= 0.6 is 0 Å². The van der Waals surface area contributed by atoms with E-state index in [1.165, 1.54) is 18.9 Å². The lowest BCUT2D eigenvalue weighted by atomic mass is 10.1. The molecule has 0 fully saturated rings. The maximum absolute atomic E-state index is 3.11. The smallest absolute Gasteiger partial charge is 0.0480 e. The van der Waals surface area contributed by atoms with E-state index in [0.29, 0.717) is 0 Å². The quantitative estimate of drug-likeness (QED) is 0.271. The molecule has 14 heavy (non-hydrogen) atoms. The summed E-state index contributed by atoms with van der Waals surface area (Å²) in [7, 11) is -0.879. The molecule has 0 aromatic carbocycles. The lowest BCUT2D eigenvalue weighted by Crippen LogP contribution is -2.17. The van der Waals surface area contributed by atoms with Gasteiger partial charge in [0.25, 0.3) is 0 Å². The van der Waals surface area contributed by atoms with Gasteiger partial charge in [-0.2, -0.15) is 0 Å². The minimum atomic E-state index is -0.879. The molecule has 0 saturated heterocycles. The molecule has 1 heteroatoms. The van der Waals surface area contributed by atoms with Gasteiger partial charge in [-0.3, -0.25) is 0 Å². The third-order valence-electron chi connectivity index (χ3n) is 2.11. The van der Waals surface area contributed by atoms with Crippen LogP contribution in [0.4, 0.5) is 0 Å².